The quantitative estimate of drug-likeness (QED) is 0.790. The zero-order valence-corrected chi connectivity index (χ0v) is 10.4. The monoisotopic (exact) mass is 263 g/mol. The number of hydrogen-bond acceptors (Lipinski definition) is 6. The Labute approximate surface area is 109 Å². The second kappa shape index (κ2) is 5.14. The van der Waals surface area contributed by atoms with E-state index in [9.17, 15) is 0 Å². The highest BCUT2D eigenvalue weighted by atomic mass is 32.2. The smallest absolute Gasteiger partial charge is 0.177 e. The largest absolute Gasteiger partial charge is 0.389 e. The van der Waals surface area contributed by atoms with Gasteiger partial charge in [-0.25, -0.2) is 5.48 Å². The van der Waals surface area contributed by atoms with E-state index in [-0.39, 0.29) is 0 Å². The first-order chi connectivity index (χ1) is 8.95. The number of rotatable bonds is 2. The number of thioether (sulfide) groups is 1. The minimum Gasteiger partial charge on any atom is -0.389 e. The molecule has 94 valence electrons. The van der Waals surface area contributed by atoms with Crippen LogP contribution in [0.15, 0.2) is 59.5 Å². The maximum absolute atomic E-state index is 5.54. The van der Waals surface area contributed by atoms with E-state index in [0.717, 1.165) is 28.7 Å². The lowest BCUT2D eigenvalue weighted by atomic mass is 10.3. The van der Waals surface area contributed by atoms with E-state index in [2.05, 4.69) is 10.8 Å². The van der Waals surface area contributed by atoms with Crippen molar-refractivity contribution in [3.63, 3.8) is 0 Å². The Balaban J connectivity index is 1.87. The molecule has 0 radical (unpaired) electrons. The van der Waals surface area contributed by atoms with E-state index in [4.69, 9.17) is 9.68 Å². The number of hydrogen-bond donors (Lipinski definition) is 2. The molecule has 0 atom stereocenters. The second-order valence-corrected chi connectivity index (χ2v) is 4.83. The summed E-state index contributed by atoms with van der Waals surface area (Å²) in [6.45, 7) is 0.991. The fraction of sp³-hybridized carbons (Fsp3) is 0.167. The fourth-order valence-corrected chi connectivity index (χ4v) is 2.61. The normalized spacial score (nSPS) is 21.8. The maximum atomic E-state index is 5.54. The second-order valence-electron chi connectivity index (χ2n) is 3.69. The zero-order valence-electron chi connectivity index (χ0n) is 9.63. The topological polar surface area (TPSA) is 45.8 Å². The van der Waals surface area contributed by atoms with Crippen LogP contribution in [0.2, 0.25) is 0 Å². The molecule has 0 bridgehead atoms. The maximum Gasteiger partial charge on any atom is 0.177 e. The molecule has 0 spiro atoms. The Hall–Kier alpha value is -1.95. The molecule has 3 rings (SSSR count). The van der Waals surface area contributed by atoms with Crippen LogP contribution < -0.4 is 10.8 Å². The third kappa shape index (κ3) is 2.19. The summed E-state index contributed by atoms with van der Waals surface area (Å²) in [6.07, 6.45) is 12.8. The summed E-state index contributed by atoms with van der Waals surface area (Å²) < 4.78 is 0. The van der Waals surface area contributed by atoms with Gasteiger partial charge in [0.05, 0.1) is 10.6 Å². The van der Waals surface area contributed by atoms with Crippen molar-refractivity contribution in [2.75, 3.05) is 12.3 Å². The summed E-state index contributed by atoms with van der Waals surface area (Å²) in [5.41, 5.74) is 3.78. The van der Waals surface area contributed by atoms with Crippen molar-refractivity contribution in [3.05, 3.63) is 59.5 Å². The molecule has 6 heteroatoms. The lowest BCUT2D eigenvalue weighted by Crippen LogP contribution is -2.32. The van der Waals surface area contributed by atoms with Gasteiger partial charge in [-0.05, 0) is 24.3 Å². The van der Waals surface area contributed by atoms with Gasteiger partial charge >= 0.3 is 0 Å². The van der Waals surface area contributed by atoms with Crippen LogP contribution in [0.1, 0.15) is 0 Å². The van der Waals surface area contributed by atoms with Crippen LogP contribution in [0.25, 0.3) is 0 Å². The molecule has 0 aromatic rings. The van der Waals surface area contributed by atoms with Crippen LogP contribution in [-0.4, -0.2) is 17.4 Å². The molecule has 0 saturated carbocycles. The summed E-state index contributed by atoms with van der Waals surface area (Å²) in [4.78, 5) is 11.7. The molecule has 3 aliphatic heterocycles. The van der Waals surface area contributed by atoms with Crippen LogP contribution in [0, 0.1) is 0 Å². The van der Waals surface area contributed by atoms with Crippen molar-refractivity contribution in [2.45, 2.75) is 0 Å². The highest BCUT2D eigenvalue weighted by molar-refractivity contribution is 8.03. The zero-order chi connectivity index (χ0) is 12.2. The first-order valence-corrected chi connectivity index (χ1v) is 6.63. The molecular formula is C12H13N3O2S. The van der Waals surface area contributed by atoms with Gasteiger partial charge in [-0.2, -0.15) is 5.06 Å². The molecule has 0 aromatic heterocycles. The van der Waals surface area contributed by atoms with E-state index in [1.807, 2.05) is 30.5 Å². The summed E-state index contributed by atoms with van der Waals surface area (Å²) in [5.74, 6) is 1.78. The highest BCUT2D eigenvalue weighted by Gasteiger charge is 2.23. The average Bonchev–Trinajstić information content (AvgIpc) is 2.49. The molecule has 0 fully saturated rings. The highest BCUT2D eigenvalue weighted by Crippen LogP contribution is 2.31. The summed E-state index contributed by atoms with van der Waals surface area (Å²) >= 11 is 1.80. The Morgan fingerprint density at radius 3 is 2.94 bits per heavy atom. The molecule has 0 aliphatic carbocycles. The Kier molecular flexibility index (Phi) is 3.18. The molecular weight excluding hydrogens is 250 g/mol. The molecule has 5 nitrogen and oxygen atoms in total. The molecule has 0 saturated heterocycles. The van der Waals surface area contributed by atoms with Gasteiger partial charge in [0.25, 0.3) is 0 Å². The van der Waals surface area contributed by atoms with E-state index >= 15 is 0 Å². The Morgan fingerprint density at radius 1 is 1.22 bits per heavy atom. The molecule has 3 heterocycles. The van der Waals surface area contributed by atoms with Gasteiger partial charge in [-0.3, -0.25) is 0 Å². The molecule has 0 unspecified atom stereocenters. The Bertz CT molecular complexity index is 480. The van der Waals surface area contributed by atoms with Crippen LogP contribution in [0.4, 0.5) is 0 Å². The van der Waals surface area contributed by atoms with E-state index < -0.39 is 0 Å². The SMILES string of the molecule is C1=CONC(N2OC=CC=C2C2=CNCCS2)=C1. The summed E-state index contributed by atoms with van der Waals surface area (Å²) in [5, 5.41) is 4.94. The predicted molar refractivity (Wildman–Crippen MR) is 70.1 cm³/mol. The van der Waals surface area contributed by atoms with Crippen molar-refractivity contribution in [3.8, 4) is 0 Å². The number of nitrogens with zero attached hydrogens (tertiary/aromatic N) is 1. The van der Waals surface area contributed by atoms with Crippen LogP contribution >= 0.6 is 11.8 Å². The van der Waals surface area contributed by atoms with Gasteiger partial charge < -0.3 is 15.0 Å². The first-order valence-electron chi connectivity index (χ1n) is 5.64. The molecule has 3 aliphatic rings. The first kappa shape index (κ1) is 11.2. The van der Waals surface area contributed by atoms with Gasteiger partial charge in [0.1, 0.15) is 12.5 Å². The van der Waals surface area contributed by atoms with Crippen molar-refractivity contribution >= 4 is 11.8 Å². The van der Waals surface area contributed by atoms with E-state index in [1.54, 1.807) is 29.3 Å². The number of nitrogens with one attached hydrogen (secondary N) is 2. The van der Waals surface area contributed by atoms with Gasteiger partial charge in [-0.1, -0.05) is 0 Å². The molecule has 0 amide bonds. The van der Waals surface area contributed by atoms with Crippen LogP contribution in [0.5, 0.6) is 0 Å². The van der Waals surface area contributed by atoms with E-state index in [0.29, 0.717) is 0 Å². The van der Waals surface area contributed by atoms with Crippen molar-refractivity contribution < 1.29 is 9.68 Å². The van der Waals surface area contributed by atoms with Gasteiger partial charge in [-0.15, -0.1) is 11.8 Å². The average molecular weight is 263 g/mol. The lowest BCUT2D eigenvalue weighted by molar-refractivity contribution is -0.0631. The molecule has 2 N–H and O–H groups in total. The number of allylic oxidation sites excluding steroid dienone is 4. The number of hydroxylamine groups is 3. The van der Waals surface area contributed by atoms with Gasteiger partial charge in [0, 0.05) is 18.5 Å². The van der Waals surface area contributed by atoms with Gasteiger partial charge in [0.2, 0.25) is 0 Å². The Morgan fingerprint density at radius 2 is 2.17 bits per heavy atom. The predicted octanol–water partition coefficient (Wildman–Crippen LogP) is 1.70. The minimum absolute atomic E-state index is 0.736. The van der Waals surface area contributed by atoms with Crippen molar-refractivity contribution in [1.29, 1.82) is 0 Å². The summed E-state index contributed by atoms with van der Waals surface area (Å²) in [6, 6.07) is 0. The molecule has 18 heavy (non-hydrogen) atoms. The van der Waals surface area contributed by atoms with Gasteiger partial charge in [0.15, 0.2) is 5.82 Å². The summed E-state index contributed by atoms with van der Waals surface area (Å²) in [7, 11) is 0. The minimum atomic E-state index is 0.736. The van der Waals surface area contributed by atoms with Crippen LogP contribution in [-0.2, 0) is 9.68 Å². The fourth-order valence-electron chi connectivity index (χ4n) is 1.70. The van der Waals surface area contributed by atoms with Crippen molar-refractivity contribution in [1.82, 2.24) is 15.9 Å². The lowest BCUT2D eigenvalue weighted by Gasteiger charge is -2.31. The van der Waals surface area contributed by atoms with E-state index in [1.165, 1.54) is 0 Å². The van der Waals surface area contributed by atoms with Crippen molar-refractivity contribution in [2.24, 2.45) is 0 Å². The standard InChI is InChI=1S/C12H13N3O2S/c1-3-10(11-9-13-5-8-18-11)15(17-7-1)12-4-2-6-16-14-12/h1-4,6-7,9,13-14H,5,8H2. The molecule has 0 aromatic carbocycles. The third-order valence-electron chi connectivity index (χ3n) is 2.49. The van der Waals surface area contributed by atoms with Crippen LogP contribution in [0.3, 0.4) is 0 Å². The third-order valence-corrected chi connectivity index (χ3v) is 3.54.